The molecule has 0 saturated carbocycles. The molecule has 4 heteroatoms. The molecule has 0 aliphatic heterocycles. The van der Waals surface area contributed by atoms with Gasteiger partial charge in [-0.05, 0) is 12.8 Å². The first-order chi connectivity index (χ1) is 6.19. The van der Waals surface area contributed by atoms with E-state index < -0.39 is 0 Å². The molecule has 0 saturated heterocycles. The number of hydrogen-bond donors (Lipinski definition) is 2. The molecule has 78 valence electrons. The molecule has 0 radical (unpaired) electrons. The van der Waals surface area contributed by atoms with Crippen LogP contribution in [-0.4, -0.2) is 24.0 Å². The molecule has 13 heavy (non-hydrogen) atoms. The van der Waals surface area contributed by atoms with Crippen LogP contribution in [0.1, 0.15) is 33.6 Å². The fraction of sp³-hybridized carbons (Fsp3) is 0.889. The summed E-state index contributed by atoms with van der Waals surface area (Å²) in [5, 5.41) is 0. The van der Waals surface area contributed by atoms with E-state index in [1.807, 2.05) is 6.92 Å². The number of carbonyl (C=O) groups excluding carboxylic acids is 1. The second-order valence-corrected chi connectivity index (χ2v) is 3.17. The summed E-state index contributed by atoms with van der Waals surface area (Å²) in [4.78, 5) is 12.9. The van der Waals surface area contributed by atoms with E-state index in [9.17, 15) is 4.79 Å². The third-order valence-corrected chi connectivity index (χ3v) is 2.43. The Bertz CT molecular complexity index is 146. The van der Waals surface area contributed by atoms with Gasteiger partial charge in [0.2, 0.25) is 0 Å². The lowest BCUT2D eigenvalue weighted by Crippen LogP contribution is -2.45. The molecule has 0 atom stereocenters. The number of rotatable bonds is 5. The average molecular weight is 187 g/mol. The van der Waals surface area contributed by atoms with Crippen LogP contribution < -0.4 is 11.3 Å². The van der Waals surface area contributed by atoms with Gasteiger partial charge in [0.1, 0.15) is 0 Å². The predicted octanol–water partition coefficient (Wildman–Crippen LogP) is 1.33. The highest BCUT2D eigenvalue weighted by molar-refractivity contribution is 5.73. The molecule has 0 aromatic carbocycles. The number of amides is 2. The van der Waals surface area contributed by atoms with Gasteiger partial charge in [0.05, 0.1) is 0 Å². The largest absolute Gasteiger partial charge is 0.331 e. The van der Waals surface area contributed by atoms with Gasteiger partial charge in [-0.1, -0.05) is 26.7 Å². The lowest BCUT2D eigenvalue weighted by atomic mass is 10.0. The molecule has 0 aromatic rings. The van der Waals surface area contributed by atoms with E-state index in [1.165, 1.54) is 0 Å². The van der Waals surface area contributed by atoms with E-state index in [1.54, 1.807) is 4.90 Å². The molecule has 4 nitrogen and oxygen atoms in total. The molecular weight excluding hydrogens is 166 g/mol. The lowest BCUT2D eigenvalue weighted by molar-refractivity contribution is 0.189. The first kappa shape index (κ1) is 12.2. The van der Waals surface area contributed by atoms with Crippen molar-refractivity contribution in [2.24, 2.45) is 11.8 Å². The van der Waals surface area contributed by atoms with Gasteiger partial charge in [0, 0.05) is 13.1 Å². The van der Waals surface area contributed by atoms with Crippen LogP contribution in [0.15, 0.2) is 0 Å². The Kier molecular flexibility index (Phi) is 6.32. The van der Waals surface area contributed by atoms with Crippen LogP contribution in [0.2, 0.25) is 0 Å². The van der Waals surface area contributed by atoms with Crippen molar-refractivity contribution in [3.05, 3.63) is 0 Å². The first-order valence-corrected chi connectivity index (χ1v) is 4.94. The van der Waals surface area contributed by atoms with E-state index >= 15 is 0 Å². The Hall–Kier alpha value is -0.770. The van der Waals surface area contributed by atoms with Crippen molar-refractivity contribution in [2.45, 2.75) is 33.6 Å². The number of nitrogens with one attached hydrogen (secondary N) is 1. The molecule has 0 bridgehead atoms. The number of hydrogen-bond acceptors (Lipinski definition) is 2. The number of hydrazine groups is 1. The zero-order chi connectivity index (χ0) is 10.3. The van der Waals surface area contributed by atoms with Crippen LogP contribution in [-0.2, 0) is 0 Å². The van der Waals surface area contributed by atoms with Crippen molar-refractivity contribution in [3.63, 3.8) is 0 Å². The maximum atomic E-state index is 11.2. The highest BCUT2D eigenvalue weighted by Crippen LogP contribution is 2.09. The molecule has 0 spiro atoms. The highest BCUT2D eigenvalue weighted by atomic mass is 16.2. The zero-order valence-corrected chi connectivity index (χ0v) is 8.84. The molecule has 0 aliphatic carbocycles. The maximum Gasteiger partial charge on any atom is 0.331 e. The van der Waals surface area contributed by atoms with Crippen molar-refractivity contribution < 1.29 is 4.79 Å². The summed E-state index contributed by atoms with van der Waals surface area (Å²) in [5.74, 6) is 5.65. The second-order valence-electron chi connectivity index (χ2n) is 3.17. The quantitative estimate of drug-likeness (QED) is 0.387. The lowest BCUT2D eigenvalue weighted by Gasteiger charge is -2.24. The number of nitrogens with two attached hydrogens (primary N) is 1. The average Bonchev–Trinajstić information content (AvgIpc) is 2.19. The number of nitrogens with zero attached hydrogens (tertiary/aromatic N) is 1. The van der Waals surface area contributed by atoms with Crippen molar-refractivity contribution in [3.8, 4) is 0 Å². The molecule has 0 unspecified atom stereocenters. The van der Waals surface area contributed by atoms with Crippen LogP contribution in [0.3, 0.4) is 0 Å². The molecule has 0 heterocycles. The Labute approximate surface area is 80.4 Å². The number of urea groups is 1. The fourth-order valence-electron chi connectivity index (χ4n) is 1.31. The van der Waals surface area contributed by atoms with Gasteiger partial charge in [-0.2, -0.15) is 0 Å². The Morgan fingerprint density at radius 2 is 1.92 bits per heavy atom. The van der Waals surface area contributed by atoms with Gasteiger partial charge in [-0.15, -0.1) is 0 Å². The van der Waals surface area contributed by atoms with E-state index in [0.717, 1.165) is 19.4 Å². The van der Waals surface area contributed by atoms with E-state index in [4.69, 9.17) is 5.84 Å². The summed E-state index contributed by atoms with van der Waals surface area (Å²) in [6, 6.07) is -0.186. The van der Waals surface area contributed by atoms with E-state index in [2.05, 4.69) is 19.3 Å². The fourth-order valence-corrected chi connectivity index (χ4v) is 1.31. The van der Waals surface area contributed by atoms with E-state index in [0.29, 0.717) is 12.5 Å². The second kappa shape index (κ2) is 6.71. The smallest absolute Gasteiger partial charge is 0.324 e. The molecule has 0 fully saturated rings. The highest BCUT2D eigenvalue weighted by Gasteiger charge is 2.13. The predicted molar refractivity (Wildman–Crippen MR) is 54.0 cm³/mol. The third-order valence-electron chi connectivity index (χ3n) is 2.43. The summed E-state index contributed by atoms with van der Waals surface area (Å²) in [5.41, 5.74) is 2.16. The van der Waals surface area contributed by atoms with Crippen molar-refractivity contribution in [1.29, 1.82) is 0 Å². The van der Waals surface area contributed by atoms with Crippen LogP contribution in [0.5, 0.6) is 0 Å². The molecule has 2 amide bonds. The minimum atomic E-state index is -0.186. The van der Waals surface area contributed by atoms with E-state index in [-0.39, 0.29) is 6.03 Å². The minimum Gasteiger partial charge on any atom is -0.324 e. The van der Waals surface area contributed by atoms with Gasteiger partial charge >= 0.3 is 6.03 Å². The summed E-state index contributed by atoms with van der Waals surface area (Å²) in [6.45, 7) is 7.74. The molecule has 0 rings (SSSR count). The van der Waals surface area contributed by atoms with Gasteiger partial charge in [0.25, 0.3) is 0 Å². The van der Waals surface area contributed by atoms with Gasteiger partial charge < -0.3 is 4.90 Å². The standard InChI is InChI=1S/C9H21N3O/c1-4-8(5-2)7-12(6-3)9(13)11-10/h8H,4-7,10H2,1-3H3,(H,11,13). The minimum absolute atomic E-state index is 0.186. The summed E-state index contributed by atoms with van der Waals surface area (Å²) in [7, 11) is 0. The zero-order valence-electron chi connectivity index (χ0n) is 8.84. The van der Waals surface area contributed by atoms with Crippen LogP contribution in [0.4, 0.5) is 4.79 Å². The van der Waals surface area contributed by atoms with Crippen molar-refractivity contribution in [1.82, 2.24) is 10.3 Å². The van der Waals surface area contributed by atoms with Gasteiger partial charge in [0.15, 0.2) is 0 Å². The maximum absolute atomic E-state index is 11.2. The van der Waals surface area contributed by atoms with Gasteiger partial charge in [-0.25, -0.2) is 10.6 Å². The molecule has 0 aliphatic rings. The van der Waals surface area contributed by atoms with Crippen LogP contribution in [0, 0.1) is 5.92 Å². The SMILES string of the molecule is CCC(CC)CN(CC)C(=O)NN. The third kappa shape index (κ3) is 4.12. The Morgan fingerprint density at radius 1 is 1.38 bits per heavy atom. The first-order valence-electron chi connectivity index (χ1n) is 4.94. The van der Waals surface area contributed by atoms with Gasteiger partial charge in [-0.3, -0.25) is 5.43 Å². The Morgan fingerprint density at radius 3 is 2.23 bits per heavy atom. The van der Waals surface area contributed by atoms with Crippen molar-refractivity contribution in [2.75, 3.05) is 13.1 Å². The summed E-state index contributed by atoms with van der Waals surface area (Å²) < 4.78 is 0. The van der Waals surface area contributed by atoms with Crippen molar-refractivity contribution >= 4 is 6.03 Å². The molecular formula is C9H21N3O. The normalized spacial score (nSPS) is 10.2. The Balaban J connectivity index is 4.02. The monoisotopic (exact) mass is 187 g/mol. The summed E-state index contributed by atoms with van der Waals surface area (Å²) >= 11 is 0. The van der Waals surface area contributed by atoms with Crippen LogP contribution in [0.25, 0.3) is 0 Å². The molecule has 0 aromatic heterocycles. The topological polar surface area (TPSA) is 58.4 Å². The molecule has 3 N–H and O–H groups in total. The van der Waals surface area contributed by atoms with Crippen LogP contribution >= 0.6 is 0 Å². The summed E-state index contributed by atoms with van der Waals surface area (Å²) in [6.07, 6.45) is 2.20. The number of carbonyl (C=O) groups is 1.